The average Bonchev–Trinajstić information content (AvgIpc) is 2.57. The first-order chi connectivity index (χ1) is 12.8. The lowest BCUT2D eigenvalue weighted by atomic mass is 10.1. The van der Waals surface area contributed by atoms with E-state index in [1.807, 2.05) is 20.8 Å². The summed E-state index contributed by atoms with van der Waals surface area (Å²) in [4.78, 5) is 23.9. The standard InChI is InChI=1S/C19H28N2O6S/c1-13(18(23)20-19(2,3)4)27-17(22)11-9-14-8-10-15(26-7)16(12-14)28(24,25)21(5)6/h8-13H,1-7H3,(H,20,23)/b11-9+/t13-/m0/s1. The number of carbonyl (C=O) groups excluding carboxylic acids is 2. The molecule has 0 saturated heterocycles. The van der Waals surface area contributed by atoms with Gasteiger partial charge in [-0.15, -0.1) is 0 Å². The number of sulfonamides is 1. The van der Waals surface area contributed by atoms with Crippen LogP contribution in [0, 0.1) is 0 Å². The van der Waals surface area contributed by atoms with Gasteiger partial charge in [-0.05, 0) is 51.5 Å². The van der Waals surface area contributed by atoms with E-state index in [4.69, 9.17) is 9.47 Å². The Morgan fingerprint density at radius 1 is 1.21 bits per heavy atom. The van der Waals surface area contributed by atoms with Crippen molar-refractivity contribution < 1.29 is 27.5 Å². The van der Waals surface area contributed by atoms with Gasteiger partial charge >= 0.3 is 5.97 Å². The zero-order valence-electron chi connectivity index (χ0n) is 17.3. The second-order valence-corrected chi connectivity index (χ2v) is 9.47. The van der Waals surface area contributed by atoms with E-state index in [0.717, 1.165) is 10.4 Å². The van der Waals surface area contributed by atoms with Gasteiger partial charge in [0.25, 0.3) is 5.91 Å². The Morgan fingerprint density at radius 2 is 1.82 bits per heavy atom. The van der Waals surface area contributed by atoms with E-state index in [1.165, 1.54) is 46.3 Å². The van der Waals surface area contributed by atoms with E-state index >= 15 is 0 Å². The van der Waals surface area contributed by atoms with Crippen LogP contribution in [0.4, 0.5) is 0 Å². The second-order valence-electron chi connectivity index (χ2n) is 7.35. The number of methoxy groups -OCH3 is 1. The predicted molar refractivity (Wildman–Crippen MR) is 106 cm³/mol. The van der Waals surface area contributed by atoms with Gasteiger partial charge in [0.1, 0.15) is 10.6 Å². The molecule has 1 amide bonds. The van der Waals surface area contributed by atoms with Gasteiger partial charge in [0.05, 0.1) is 7.11 Å². The molecule has 9 heteroatoms. The maximum atomic E-state index is 12.4. The molecule has 0 aliphatic rings. The van der Waals surface area contributed by atoms with Gasteiger partial charge < -0.3 is 14.8 Å². The molecule has 0 saturated carbocycles. The van der Waals surface area contributed by atoms with Crippen LogP contribution in [-0.2, 0) is 24.3 Å². The Kier molecular flexibility index (Phi) is 7.77. The first kappa shape index (κ1) is 23.6. The van der Waals surface area contributed by atoms with E-state index in [9.17, 15) is 18.0 Å². The molecule has 0 aliphatic heterocycles. The number of rotatable bonds is 7. The Balaban J connectivity index is 2.95. The van der Waals surface area contributed by atoms with Crippen LogP contribution in [0.25, 0.3) is 6.08 Å². The van der Waals surface area contributed by atoms with E-state index in [2.05, 4.69) is 5.32 Å². The third-order valence-electron chi connectivity index (χ3n) is 3.52. The van der Waals surface area contributed by atoms with Gasteiger partial charge in [-0.3, -0.25) is 4.79 Å². The third-order valence-corrected chi connectivity index (χ3v) is 5.35. The number of esters is 1. The van der Waals surface area contributed by atoms with Crippen LogP contribution in [0.15, 0.2) is 29.2 Å². The van der Waals surface area contributed by atoms with Crippen molar-refractivity contribution >= 4 is 28.0 Å². The lowest BCUT2D eigenvalue weighted by Crippen LogP contribution is -2.46. The number of carbonyl (C=O) groups is 2. The summed E-state index contributed by atoms with van der Waals surface area (Å²) in [6, 6.07) is 4.50. The van der Waals surface area contributed by atoms with Gasteiger partial charge in [0, 0.05) is 25.7 Å². The third kappa shape index (κ3) is 6.65. The Labute approximate surface area is 166 Å². The van der Waals surface area contributed by atoms with E-state index < -0.39 is 33.5 Å². The summed E-state index contributed by atoms with van der Waals surface area (Å²) < 4.78 is 36.1. The summed E-state index contributed by atoms with van der Waals surface area (Å²) >= 11 is 0. The molecular weight excluding hydrogens is 384 g/mol. The molecule has 1 aromatic carbocycles. The lowest BCUT2D eigenvalue weighted by molar-refractivity contribution is -0.150. The van der Waals surface area contributed by atoms with Gasteiger partial charge in [-0.25, -0.2) is 17.5 Å². The van der Waals surface area contributed by atoms with E-state index in [1.54, 1.807) is 6.07 Å². The summed E-state index contributed by atoms with van der Waals surface area (Å²) in [6.45, 7) is 6.94. The molecular formula is C19H28N2O6S. The molecule has 0 spiro atoms. The largest absolute Gasteiger partial charge is 0.495 e. The zero-order valence-corrected chi connectivity index (χ0v) is 18.1. The number of hydrogen-bond donors (Lipinski definition) is 1. The molecule has 0 radical (unpaired) electrons. The van der Waals surface area contributed by atoms with Crippen molar-refractivity contribution in [2.24, 2.45) is 0 Å². The van der Waals surface area contributed by atoms with Crippen molar-refractivity contribution in [3.63, 3.8) is 0 Å². The fourth-order valence-electron chi connectivity index (χ4n) is 2.10. The molecule has 1 N–H and O–H groups in total. The van der Waals surface area contributed by atoms with Crippen molar-refractivity contribution in [2.45, 2.75) is 44.2 Å². The molecule has 8 nitrogen and oxygen atoms in total. The van der Waals surface area contributed by atoms with E-state index in [0.29, 0.717) is 5.56 Å². The van der Waals surface area contributed by atoms with Crippen molar-refractivity contribution in [1.82, 2.24) is 9.62 Å². The quantitative estimate of drug-likeness (QED) is 0.541. The molecule has 0 aliphatic carbocycles. The van der Waals surface area contributed by atoms with Gasteiger partial charge in [-0.1, -0.05) is 6.07 Å². The summed E-state index contributed by atoms with van der Waals surface area (Å²) in [5, 5.41) is 2.72. The van der Waals surface area contributed by atoms with E-state index in [-0.39, 0.29) is 10.6 Å². The maximum absolute atomic E-state index is 12.4. The Morgan fingerprint density at radius 3 is 2.32 bits per heavy atom. The number of ether oxygens (including phenoxy) is 2. The van der Waals surface area contributed by atoms with Crippen LogP contribution in [-0.4, -0.2) is 57.4 Å². The molecule has 156 valence electrons. The summed E-state index contributed by atoms with van der Waals surface area (Å²) in [5.74, 6) is -0.927. The average molecular weight is 413 g/mol. The molecule has 1 aromatic rings. The first-order valence-electron chi connectivity index (χ1n) is 8.59. The summed E-state index contributed by atoms with van der Waals surface area (Å²) in [7, 11) is 0.484. The second kappa shape index (κ2) is 9.20. The van der Waals surface area contributed by atoms with Gasteiger partial charge in [-0.2, -0.15) is 0 Å². The molecule has 1 atom stereocenters. The van der Waals surface area contributed by atoms with Crippen molar-refractivity contribution in [3.8, 4) is 5.75 Å². The van der Waals surface area contributed by atoms with Crippen LogP contribution in [0.5, 0.6) is 5.75 Å². The molecule has 28 heavy (non-hydrogen) atoms. The molecule has 0 fully saturated rings. The number of benzene rings is 1. The SMILES string of the molecule is COc1ccc(/C=C/C(=O)O[C@@H](C)C(=O)NC(C)(C)C)cc1S(=O)(=O)N(C)C. The Bertz CT molecular complexity index is 854. The van der Waals surface area contributed by atoms with Crippen molar-refractivity contribution in [2.75, 3.05) is 21.2 Å². The minimum absolute atomic E-state index is 0.0200. The molecule has 0 unspecified atom stereocenters. The monoisotopic (exact) mass is 412 g/mol. The number of nitrogens with one attached hydrogen (secondary N) is 1. The number of amides is 1. The highest BCUT2D eigenvalue weighted by Gasteiger charge is 2.23. The minimum Gasteiger partial charge on any atom is -0.495 e. The van der Waals surface area contributed by atoms with Crippen LogP contribution in [0.3, 0.4) is 0 Å². The van der Waals surface area contributed by atoms with Crippen LogP contribution in [0.2, 0.25) is 0 Å². The van der Waals surface area contributed by atoms with Gasteiger partial charge in [0.15, 0.2) is 6.10 Å². The van der Waals surface area contributed by atoms with Crippen LogP contribution >= 0.6 is 0 Å². The van der Waals surface area contributed by atoms with Crippen LogP contribution < -0.4 is 10.1 Å². The van der Waals surface area contributed by atoms with Crippen molar-refractivity contribution in [3.05, 3.63) is 29.8 Å². The zero-order chi connectivity index (χ0) is 21.7. The summed E-state index contributed by atoms with van der Waals surface area (Å²) in [6.07, 6.45) is 1.58. The molecule has 0 bridgehead atoms. The number of hydrogen-bond acceptors (Lipinski definition) is 6. The predicted octanol–water partition coefficient (Wildman–Crippen LogP) is 1.81. The normalized spacial score (nSPS) is 13.4. The highest BCUT2D eigenvalue weighted by atomic mass is 32.2. The Hall–Kier alpha value is -2.39. The molecule has 1 rings (SSSR count). The topological polar surface area (TPSA) is 102 Å². The fraction of sp³-hybridized carbons (Fsp3) is 0.474. The van der Waals surface area contributed by atoms with Crippen molar-refractivity contribution in [1.29, 1.82) is 0 Å². The first-order valence-corrected chi connectivity index (χ1v) is 10.0. The highest BCUT2D eigenvalue weighted by Crippen LogP contribution is 2.27. The molecule has 0 heterocycles. The fourth-order valence-corrected chi connectivity index (χ4v) is 3.18. The van der Waals surface area contributed by atoms with Crippen LogP contribution in [0.1, 0.15) is 33.3 Å². The molecule has 0 aromatic heterocycles. The number of nitrogens with zero attached hydrogens (tertiary/aromatic N) is 1. The lowest BCUT2D eigenvalue weighted by Gasteiger charge is -2.22. The smallest absolute Gasteiger partial charge is 0.331 e. The highest BCUT2D eigenvalue weighted by molar-refractivity contribution is 7.89. The van der Waals surface area contributed by atoms with Gasteiger partial charge in [0.2, 0.25) is 10.0 Å². The minimum atomic E-state index is -3.72. The summed E-state index contributed by atoms with van der Waals surface area (Å²) in [5.41, 5.74) is 0.0235. The maximum Gasteiger partial charge on any atom is 0.331 e.